The van der Waals surface area contributed by atoms with E-state index in [1.165, 1.54) is 0 Å². The van der Waals surface area contributed by atoms with Crippen molar-refractivity contribution in [2.45, 2.75) is 37.8 Å². The average Bonchev–Trinajstić information content (AvgIpc) is 2.85. The van der Waals surface area contributed by atoms with Gasteiger partial charge in [0, 0.05) is 18.6 Å². The van der Waals surface area contributed by atoms with Gasteiger partial charge in [0.25, 0.3) is 0 Å². The van der Waals surface area contributed by atoms with Crippen molar-refractivity contribution in [3.8, 4) is 0 Å². The summed E-state index contributed by atoms with van der Waals surface area (Å²) < 4.78 is 0. The molecule has 0 radical (unpaired) electrons. The summed E-state index contributed by atoms with van der Waals surface area (Å²) in [4.78, 5) is 24.7. The second kappa shape index (κ2) is 4.87. The van der Waals surface area contributed by atoms with Crippen LogP contribution in [0.2, 0.25) is 0 Å². The van der Waals surface area contributed by atoms with E-state index in [0.29, 0.717) is 13.0 Å². The van der Waals surface area contributed by atoms with E-state index in [0.717, 1.165) is 12.8 Å². The number of carbonyl (C=O) groups is 2. The van der Waals surface area contributed by atoms with Crippen molar-refractivity contribution < 1.29 is 14.7 Å². The Morgan fingerprint density at radius 2 is 2.18 bits per heavy atom. The summed E-state index contributed by atoms with van der Waals surface area (Å²) in [5.74, 6) is -0.953. The van der Waals surface area contributed by atoms with Gasteiger partial charge < -0.3 is 15.7 Å². The zero-order chi connectivity index (χ0) is 12.4. The molecule has 0 aromatic rings. The van der Waals surface area contributed by atoms with Crippen LogP contribution >= 0.6 is 0 Å². The third-order valence-corrected chi connectivity index (χ3v) is 3.50. The molecular weight excluding hydrogens is 220 g/mol. The first-order chi connectivity index (χ1) is 8.08. The van der Waals surface area contributed by atoms with Gasteiger partial charge in [-0.25, -0.2) is 0 Å². The number of nitrogens with zero attached hydrogens (tertiary/aromatic N) is 1. The number of carboxylic acids is 1. The zero-order valence-electron chi connectivity index (χ0n) is 9.71. The summed E-state index contributed by atoms with van der Waals surface area (Å²) in [6.07, 6.45) is 6.09. The fourth-order valence-corrected chi connectivity index (χ4v) is 2.66. The normalized spacial score (nSPS) is 32.1. The Bertz CT molecular complexity index is 354. The molecule has 5 nitrogen and oxygen atoms in total. The minimum absolute atomic E-state index is 0.0375. The lowest BCUT2D eigenvalue weighted by molar-refractivity contribution is -0.140. The molecule has 1 aliphatic heterocycles. The Labute approximate surface area is 100 Å². The molecule has 0 aromatic heterocycles. The molecule has 3 atom stereocenters. The van der Waals surface area contributed by atoms with Crippen LogP contribution in [-0.2, 0) is 9.59 Å². The summed E-state index contributed by atoms with van der Waals surface area (Å²) >= 11 is 0. The van der Waals surface area contributed by atoms with Crippen molar-refractivity contribution in [3.63, 3.8) is 0 Å². The number of carboxylic acid groups (broad SMARTS) is 1. The number of hydrogen-bond acceptors (Lipinski definition) is 3. The Morgan fingerprint density at radius 1 is 1.41 bits per heavy atom. The first-order valence-electron chi connectivity index (χ1n) is 6.04. The average molecular weight is 238 g/mol. The van der Waals surface area contributed by atoms with Crippen LogP contribution in [0.5, 0.6) is 0 Å². The monoisotopic (exact) mass is 238 g/mol. The van der Waals surface area contributed by atoms with E-state index in [9.17, 15) is 9.59 Å². The van der Waals surface area contributed by atoms with Gasteiger partial charge in [-0.3, -0.25) is 9.59 Å². The lowest BCUT2D eigenvalue weighted by Crippen LogP contribution is -2.40. The molecule has 0 aromatic carbocycles. The van der Waals surface area contributed by atoms with Crippen LogP contribution < -0.4 is 5.73 Å². The number of rotatable bonds is 3. The lowest BCUT2D eigenvalue weighted by Gasteiger charge is -2.26. The van der Waals surface area contributed by atoms with Crippen molar-refractivity contribution in [2.75, 3.05) is 6.54 Å². The second-order valence-electron chi connectivity index (χ2n) is 4.82. The van der Waals surface area contributed by atoms with Gasteiger partial charge in [-0.1, -0.05) is 12.2 Å². The van der Waals surface area contributed by atoms with Crippen molar-refractivity contribution >= 4 is 11.9 Å². The van der Waals surface area contributed by atoms with Crippen LogP contribution in [-0.4, -0.2) is 40.5 Å². The third kappa shape index (κ3) is 2.66. The molecule has 3 N–H and O–H groups in total. The van der Waals surface area contributed by atoms with E-state index in [-0.39, 0.29) is 30.3 Å². The van der Waals surface area contributed by atoms with Crippen LogP contribution in [0.1, 0.15) is 25.7 Å². The molecule has 0 saturated carbocycles. The molecule has 1 fully saturated rings. The van der Waals surface area contributed by atoms with Crippen molar-refractivity contribution in [1.82, 2.24) is 4.90 Å². The highest BCUT2D eigenvalue weighted by Crippen LogP contribution is 2.26. The highest BCUT2D eigenvalue weighted by molar-refractivity contribution is 5.82. The molecule has 1 aliphatic carbocycles. The van der Waals surface area contributed by atoms with E-state index in [1.807, 2.05) is 12.2 Å². The SMILES string of the molecule is NC1C=CC(C(=O)N2CCCC2CC(=O)O)C1. The fourth-order valence-electron chi connectivity index (χ4n) is 2.66. The van der Waals surface area contributed by atoms with Gasteiger partial charge in [0.15, 0.2) is 0 Å². The number of amides is 1. The fraction of sp³-hybridized carbons (Fsp3) is 0.667. The minimum atomic E-state index is -0.839. The lowest BCUT2D eigenvalue weighted by atomic mass is 10.0. The molecule has 94 valence electrons. The maximum absolute atomic E-state index is 12.2. The number of carbonyl (C=O) groups excluding carboxylic acids is 1. The summed E-state index contributed by atoms with van der Waals surface area (Å²) in [7, 11) is 0. The van der Waals surface area contributed by atoms with Gasteiger partial charge in [-0.2, -0.15) is 0 Å². The Morgan fingerprint density at radius 3 is 2.76 bits per heavy atom. The minimum Gasteiger partial charge on any atom is -0.481 e. The summed E-state index contributed by atoms with van der Waals surface area (Å²) in [5.41, 5.74) is 5.73. The Kier molecular flexibility index (Phi) is 3.47. The van der Waals surface area contributed by atoms with E-state index in [4.69, 9.17) is 10.8 Å². The highest BCUT2D eigenvalue weighted by atomic mass is 16.4. The third-order valence-electron chi connectivity index (χ3n) is 3.50. The molecule has 1 heterocycles. The highest BCUT2D eigenvalue weighted by Gasteiger charge is 2.34. The van der Waals surface area contributed by atoms with Gasteiger partial charge in [0.2, 0.25) is 5.91 Å². The van der Waals surface area contributed by atoms with E-state index < -0.39 is 5.97 Å². The predicted octanol–water partition coefficient (Wildman–Crippen LogP) is 0.355. The molecule has 17 heavy (non-hydrogen) atoms. The van der Waals surface area contributed by atoms with E-state index >= 15 is 0 Å². The first-order valence-corrected chi connectivity index (χ1v) is 6.04. The standard InChI is InChI=1S/C12H18N2O3/c13-9-4-3-8(6-9)12(17)14-5-1-2-10(14)7-11(15)16/h3-4,8-10H,1-2,5-7,13H2,(H,15,16). The Balaban J connectivity index is 1.98. The second-order valence-corrected chi connectivity index (χ2v) is 4.82. The summed E-state index contributed by atoms with van der Waals surface area (Å²) in [5, 5.41) is 8.81. The van der Waals surface area contributed by atoms with E-state index in [2.05, 4.69) is 0 Å². The number of likely N-dealkylation sites (tertiary alicyclic amines) is 1. The van der Waals surface area contributed by atoms with Crippen LogP contribution in [0.25, 0.3) is 0 Å². The number of nitrogens with two attached hydrogens (primary N) is 1. The molecule has 2 aliphatic rings. The number of aliphatic carboxylic acids is 1. The molecule has 5 heteroatoms. The van der Waals surface area contributed by atoms with Crippen molar-refractivity contribution in [1.29, 1.82) is 0 Å². The van der Waals surface area contributed by atoms with Crippen LogP contribution in [0, 0.1) is 5.92 Å². The van der Waals surface area contributed by atoms with Gasteiger partial charge in [-0.05, 0) is 19.3 Å². The topological polar surface area (TPSA) is 83.6 Å². The largest absolute Gasteiger partial charge is 0.481 e. The van der Waals surface area contributed by atoms with Gasteiger partial charge in [0.1, 0.15) is 0 Å². The number of hydrogen-bond donors (Lipinski definition) is 2. The maximum atomic E-state index is 12.2. The molecule has 1 saturated heterocycles. The van der Waals surface area contributed by atoms with Crippen molar-refractivity contribution in [2.24, 2.45) is 11.7 Å². The quantitative estimate of drug-likeness (QED) is 0.695. The molecule has 1 amide bonds. The zero-order valence-corrected chi connectivity index (χ0v) is 9.71. The summed E-state index contributed by atoms with van der Waals surface area (Å²) in [6.45, 7) is 0.677. The van der Waals surface area contributed by atoms with Gasteiger partial charge in [-0.15, -0.1) is 0 Å². The Hall–Kier alpha value is -1.36. The van der Waals surface area contributed by atoms with Crippen LogP contribution in [0.4, 0.5) is 0 Å². The predicted molar refractivity (Wildman–Crippen MR) is 62.2 cm³/mol. The van der Waals surface area contributed by atoms with Crippen LogP contribution in [0.15, 0.2) is 12.2 Å². The van der Waals surface area contributed by atoms with Crippen LogP contribution in [0.3, 0.4) is 0 Å². The van der Waals surface area contributed by atoms with Gasteiger partial charge >= 0.3 is 5.97 Å². The summed E-state index contributed by atoms with van der Waals surface area (Å²) in [6, 6.07) is -0.172. The van der Waals surface area contributed by atoms with Crippen molar-refractivity contribution in [3.05, 3.63) is 12.2 Å². The molecule has 2 rings (SSSR count). The molecule has 3 unspecified atom stereocenters. The maximum Gasteiger partial charge on any atom is 0.305 e. The molecular formula is C12H18N2O3. The first kappa shape index (κ1) is 12.1. The molecule has 0 spiro atoms. The smallest absolute Gasteiger partial charge is 0.305 e. The van der Waals surface area contributed by atoms with E-state index in [1.54, 1.807) is 4.90 Å². The molecule has 0 bridgehead atoms. The van der Waals surface area contributed by atoms with Gasteiger partial charge in [0.05, 0.1) is 12.3 Å².